The number of aryl methyl sites for hydroxylation is 1. The number of thioether (sulfide) groups is 1. The van der Waals surface area contributed by atoms with E-state index in [0.29, 0.717) is 0 Å². The van der Waals surface area contributed by atoms with E-state index in [1.807, 2.05) is 56.7 Å². The summed E-state index contributed by atoms with van der Waals surface area (Å²) in [6.45, 7) is 7.32. The Morgan fingerprint density at radius 2 is 1.91 bits per heavy atom. The number of hydrogen-bond acceptors (Lipinski definition) is 4. The van der Waals surface area contributed by atoms with Crippen LogP contribution >= 0.6 is 11.8 Å². The summed E-state index contributed by atoms with van der Waals surface area (Å²) in [5.41, 5.74) is 1.50. The van der Waals surface area contributed by atoms with Gasteiger partial charge in [0.2, 0.25) is 5.91 Å². The van der Waals surface area contributed by atoms with Gasteiger partial charge in [-0.25, -0.2) is 9.78 Å². The van der Waals surface area contributed by atoms with E-state index >= 15 is 0 Å². The SMILES string of the molecule is CC(Sc1nc2ccccc2n1C)C(=O)NC(=O)NC(C)(C)C. The molecule has 0 bridgehead atoms. The molecule has 124 valence electrons. The molecule has 0 saturated heterocycles. The van der Waals surface area contributed by atoms with Crippen LogP contribution in [0, 0.1) is 0 Å². The zero-order chi connectivity index (χ0) is 17.2. The highest BCUT2D eigenvalue weighted by atomic mass is 32.2. The minimum atomic E-state index is -0.486. The number of fused-ring (bicyclic) bond motifs is 1. The quantitative estimate of drug-likeness (QED) is 0.846. The van der Waals surface area contributed by atoms with Gasteiger partial charge in [0, 0.05) is 12.6 Å². The Morgan fingerprint density at radius 3 is 2.52 bits per heavy atom. The lowest BCUT2D eigenvalue weighted by molar-refractivity contribution is -0.119. The topological polar surface area (TPSA) is 76.0 Å². The van der Waals surface area contributed by atoms with Crippen molar-refractivity contribution in [1.29, 1.82) is 0 Å². The van der Waals surface area contributed by atoms with Gasteiger partial charge < -0.3 is 9.88 Å². The lowest BCUT2D eigenvalue weighted by Gasteiger charge is -2.21. The third-order valence-corrected chi connectivity index (χ3v) is 4.27. The first-order valence-electron chi connectivity index (χ1n) is 7.38. The van der Waals surface area contributed by atoms with Gasteiger partial charge >= 0.3 is 6.03 Å². The summed E-state index contributed by atoms with van der Waals surface area (Å²) in [7, 11) is 1.91. The number of urea groups is 1. The van der Waals surface area contributed by atoms with Crippen LogP contribution in [0.25, 0.3) is 11.0 Å². The Bertz CT molecular complexity index is 733. The van der Waals surface area contributed by atoms with Crippen molar-refractivity contribution in [3.63, 3.8) is 0 Å². The third-order valence-electron chi connectivity index (χ3n) is 3.12. The van der Waals surface area contributed by atoms with Crippen molar-refractivity contribution in [2.45, 2.75) is 43.6 Å². The van der Waals surface area contributed by atoms with Crippen molar-refractivity contribution in [3.05, 3.63) is 24.3 Å². The summed E-state index contributed by atoms with van der Waals surface area (Å²) in [5.74, 6) is -0.344. The fourth-order valence-corrected chi connectivity index (χ4v) is 2.92. The fraction of sp³-hybridized carbons (Fsp3) is 0.438. The van der Waals surface area contributed by atoms with Gasteiger partial charge in [-0.1, -0.05) is 23.9 Å². The highest BCUT2D eigenvalue weighted by molar-refractivity contribution is 8.00. The van der Waals surface area contributed by atoms with E-state index in [-0.39, 0.29) is 5.91 Å². The molecule has 1 aromatic heterocycles. The van der Waals surface area contributed by atoms with E-state index in [1.54, 1.807) is 6.92 Å². The first-order valence-corrected chi connectivity index (χ1v) is 8.26. The molecule has 0 radical (unpaired) electrons. The van der Waals surface area contributed by atoms with Crippen molar-refractivity contribution in [1.82, 2.24) is 20.2 Å². The summed E-state index contributed by atoms with van der Waals surface area (Å²) >= 11 is 1.32. The van der Waals surface area contributed by atoms with Gasteiger partial charge in [-0.3, -0.25) is 10.1 Å². The highest BCUT2D eigenvalue weighted by Crippen LogP contribution is 2.26. The molecular formula is C16H22N4O2S. The number of nitrogens with zero attached hydrogens (tertiary/aromatic N) is 2. The van der Waals surface area contributed by atoms with E-state index in [0.717, 1.165) is 16.2 Å². The van der Waals surface area contributed by atoms with Crippen LogP contribution in [0.4, 0.5) is 4.79 Å². The summed E-state index contributed by atoms with van der Waals surface area (Å²) in [4.78, 5) is 28.4. The van der Waals surface area contributed by atoms with E-state index in [1.165, 1.54) is 11.8 Å². The molecule has 6 nitrogen and oxygen atoms in total. The van der Waals surface area contributed by atoms with Gasteiger partial charge in [0.25, 0.3) is 0 Å². The van der Waals surface area contributed by atoms with Gasteiger partial charge in [-0.05, 0) is 39.8 Å². The number of rotatable bonds is 3. The van der Waals surface area contributed by atoms with E-state index in [4.69, 9.17) is 0 Å². The maximum atomic E-state index is 12.1. The number of imide groups is 1. The molecule has 0 aliphatic carbocycles. The van der Waals surface area contributed by atoms with Crippen molar-refractivity contribution in [2.75, 3.05) is 0 Å². The van der Waals surface area contributed by atoms with Gasteiger partial charge in [-0.15, -0.1) is 0 Å². The minimum Gasteiger partial charge on any atom is -0.333 e. The van der Waals surface area contributed by atoms with Crippen LogP contribution in [0.15, 0.2) is 29.4 Å². The Morgan fingerprint density at radius 1 is 1.26 bits per heavy atom. The van der Waals surface area contributed by atoms with Crippen LogP contribution in [0.5, 0.6) is 0 Å². The molecular weight excluding hydrogens is 312 g/mol. The first kappa shape index (κ1) is 17.3. The maximum Gasteiger partial charge on any atom is 0.321 e. The van der Waals surface area contributed by atoms with Crippen LogP contribution in [-0.4, -0.2) is 32.3 Å². The number of nitrogens with one attached hydrogen (secondary N) is 2. The van der Waals surface area contributed by atoms with Crippen molar-refractivity contribution in [2.24, 2.45) is 7.05 Å². The smallest absolute Gasteiger partial charge is 0.321 e. The zero-order valence-corrected chi connectivity index (χ0v) is 14.8. The number of imidazole rings is 1. The molecule has 7 heteroatoms. The molecule has 1 atom stereocenters. The largest absolute Gasteiger partial charge is 0.333 e. The fourth-order valence-electron chi connectivity index (χ4n) is 2.03. The van der Waals surface area contributed by atoms with E-state index < -0.39 is 16.8 Å². The van der Waals surface area contributed by atoms with Crippen molar-refractivity contribution < 1.29 is 9.59 Å². The average molecular weight is 334 g/mol. The second-order valence-electron chi connectivity index (χ2n) is 6.40. The normalized spacial score (nSPS) is 12.9. The standard InChI is InChI=1S/C16H22N4O2S/c1-10(13(21)18-14(22)19-16(2,3)4)23-15-17-11-8-6-7-9-12(11)20(15)5/h6-10H,1-5H3,(H2,18,19,21,22). The lowest BCUT2D eigenvalue weighted by atomic mass is 10.1. The molecule has 2 aromatic rings. The second kappa shape index (κ2) is 6.62. The van der Waals surface area contributed by atoms with E-state index in [9.17, 15) is 9.59 Å². The zero-order valence-electron chi connectivity index (χ0n) is 14.0. The molecule has 1 heterocycles. The van der Waals surface area contributed by atoms with Gasteiger partial charge in [0.05, 0.1) is 16.3 Å². The number of para-hydroxylation sites is 2. The first-order chi connectivity index (χ1) is 10.7. The molecule has 23 heavy (non-hydrogen) atoms. The molecule has 1 unspecified atom stereocenters. The number of benzene rings is 1. The lowest BCUT2D eigenvalue weighted by Crippen LogP contribution is -2.49. The summed E-state index contributed by atoms with van der Waals surface area (Å²) in [6.07, 6.45) is 0. The molecule has 2 N–H and O–H groups in total. The second-order valence-corrected chi connectivity index (χ2v) is 7.70. The molecule has 2 rings (SSSR count). The molecule has 1 aromatic carbocycles. The van der Waals surface area contributed by atoms with Crippen LogP contribution in [-0.2, 0) is 11.8 Å². The summed E-state index contributed by atoms with van der Waals surface area (Å²) in [5, 5.41) is 5.37. The number of carbonyl (C=O) groups is 2. The monoisotopic (exact) mass is 334 g/mol. The maximum absolute atomic E-state index is 12.1. The summed E-state index contributed by atoms with van der Waals surface area (Å²) < 4.78 is 1.94. The van der Waals surface area contributed by atoms with Crippen molar-refractivity contribution in [3.8, 4) is 0 Å². The molecule has 0 aliphatic rings. The third kappa shape index (κ3) is 4.48. The highest BCUT2D eigenvalue weighted by Gasteiger charge is 2.22. The van der Waals surface area contributed by atoms with Gasteiger partial charge in [0.15, 0.2) is 5.16 Å². The van der Waals surface area contributed by atoms with Gasteiger partial charge in [-0.2, -0.15) is 0 Å². The van der Waals surface area contributed by atoms with Crippen LogP contribution in [0.1, 0.15) is 27.7 Å². The Labute approximate surface area is 140 Å². The molecule has 0 fully saturated rings. The molecule has 0 spiro atoms. The van der Waals surface area contributed by atoms with E-state index in [2.05, 4.69) is 15.6 Å². The Hall–Kier alpha value is -2.02. The average Bonchev–Trinajstić information content (AvgIpc) is 2.73. The van der Waals surface area contributed by atoms with Crippen LogP contribution in [0.3, 0.4) is 0 Å². The van der Waals surface area contributed by atoms with Gasteiger partial charge in [0.1, 0.15) is 0 Å². The van der Waals surface area contributed by atoms with Crippen molar-refractivity contribution >= 4 is 34.7 Å². The predicted octanol–water partition coefficient (Wildman–Crippen LogP) is 2.68. The predicted molar refractivity (Wildman–Crippen MR) is 92.5 cm³/mol. The molecule has 0 saturated carbocycles. The summed E-state index contributed by atoms with van der Waals surface area (Å²) in [6, 6.07) is 7.30. The molecule has 3 amide bonds. The number of carbonyl (C=O) groups excluding carboxylic acids is 2. The number of hydrogen-bond donors (Lipinski definition) is 2. The number of aromatic nitrogens is 2. The minimum absolute atomic E-state index is 0.344. The van der Waals surface area contributed by atoms with Crippen LogP contribution in [0.2, 0.25) is 0 Å². The Balaban J connectivity index is 2.03. The number of amides is 3. The Kier molecular flexibility index (Phi) is 4.99. The molecule has 0 aliphatic heterocycles. The van der Waals surface area contributed by atoms with Crippen LogP contribution < -0.4 is 10.6 Å².